The SMILES string of the molecule is CCCCCCOc1c(OC)cc(NCCCC(C)N)c2nccc(C)c12. The van der Waals surface area contributed by atoms with Gasteiger partial charge in [0.1, 0.15) is 0 Å². The standard InChI is InChI=1S/C22H35N3O2/c1-5-6-7-8-14-27-22-19(26-4)15-18(24-12-9-10-17(3)23)21-20(22)16(2)11-13-25-21/h11,13,15,17,24H,5-10,12,14,23H2,1-4H3. The van der Waals surface area contributed by atoms with Gasteiger partial charge in [0.25, 0.3) is 0 Å². The van der Waals surface area contributed by atoms with E-state index in [-0.39, 0.29) is 6.04 Å². The van der Waals surface area contributed by atoms with Crippen LogP contribution in [0.5, 0.6) is 11.5 Å². The molecule has 150 valence electrons. The first-order valence-electron chi connectivity index (χ1n) is 10.2. The molecule has 3 N–H and O–H groups in total. The Labute approximate surface area is 163 Å². The first-order chi connectivity index (χ1) is 13.1. The van der Waals surface area contributed by atoms with Crippen molar-refractivity contribution in [2.45, 2.75) is 65.3 Å². The fourth-order valence-corrected chi connectivity index (χ4v) is 3.22. The molecule has 0 amide bonds. The minimum Gasteiger partial charge on any atom is -0.493 e. The molecule has 1 heterocycles. The third-order valence-electron chi connectivity index (χ3n) is 4.76. The predicted octanol–water partition coefficient (Wildman–Crippen LogP) is 5.05. The highest BCUT2D eigenvalue weighted by atomic mass is 16.5. The van der Waals surface area contributed by atoms with Crippen LogP contribution in [0.25, 0.3) is 10.9 Å². The lowest BCUT2D eigenvalue weighted by Gasteiger charge is -2.18. The molecule has 0 fully saturated rings. The molecule has 0 aliphatic carbocycles. The van der Waals surface area contributed by atoms with Gasteiger partial charge in [-0.25, -0.2) is 0 Å². The van der Waals surface area contributed by atoms with E-state index in [9.17, 15) is 0 Å². The Hall–Kier alpha value is -2.01. The van der Waals surface area contributed by atoms with Crippen molar-refractivity contribution in [2.24, 2.45) is 5.73 Å². The Morgan fingerprint density at radius 3 is 2.74 bits per heavy atom. The van der Waals surface area contributed by atoms with Gasteiger partial charge >= 0.3 is 0 Å². The van der Waals surface area contributed by atoms with Gasteiger partial charge in [0.2, 0.25) is 0 Å². The molecule has 0 saturated carbocycles. The average Bonchev–Trinajstić information content (AvgIpc) is 2.65. The Bertz CT molecular complexity index is 716. The molecular weight excluding hydrogens is 338 g/mol. The minimum absolute atomic E-state index is 0.224. The van der Waals surface area contributed by atoms with Crippen LogP contribution in [-0.4, -0.2) is 31.3 Å². The molecule has 0 spiro atoms. The quantitative estimate of drug-likeness (QED) is 0.510. The van der Waals surface area contributed by atoms with Crippen molar-refractivity contribution < 1.29 is 9.47 Å². The molecule has 5 nitrogen and oxygen atoms in total. The lowest BCUT2D eigenvalue weighted by molar-refractivity contribution is 0.288. The highest BCUT2D eigenvalue weighted by Crippen LogP contribution is 2.41. The smallest absolute Gasteiger partial charge is 0.170 e. The number of rotatable bonds is 12. The van der Waals surface area contributed by atoms with E-state index in [2.05, 4.69) is 24.1 Å². The van der Waals surface area contributed by atoms with Crippen LogP contribution >= 0.6 is 0 Å². The highest BCUT2D eigenvalue weighted by Gasteiger charge is 2.17. The number of anilines is 1. The first kappa shape index (κ1) is 21.3. The minimum atomic E-state index is 0.224. The molecule has 27 heavy (non-hydrogen) atoms. The number of ether oxygens (including phenoxy) is 2. The maximum absolute atomic E-state index is 6.17. The summed E-state index contributed by atoms with van der Waals surface area (Å²) >= 11 is 0. The van der Waals surface area contributed by atoms with Crippen molar-refractivity contribution in [1.29, 1.82) is 0 Å². The molecule has 0 bridgehead atoms. The van der Waals surface area contributed by atoms with Gasteiger partial charge in [-0.15, -0.1) is 0 Å². The lowest BCUT2D eigenvalue weighted by Crippen LogP contribution is -2.16. The van der Waals surface area contributed by atoms with Crippen molar-refractivity contribution in [3.05, 3.63) is 23.9 Å². The number of aryl methyl sites for hydroxylation is 1. The lowest BCUT2D eigenvalue weighted by atomic mass is 10.1. The Balaban J connectivity index is 2.26. The maximum Gasteiger partial charge on any atom is 0.170 e. The fraction of sp³-hybridized carbons (Fsp3) is 0.591. The largest absolute Gasteiger partial charge is 0.493 e. The van der Waals surface area contributed by atoms with Gasteiger partial charge in [-0.05, 0) is 44.7 Å². The molecule has 5 heteroatoms. The fourth-order valence-electron chi connectivity index (χ4n) is 3.22. The number of hydrogen-bond acceptors (Lipinski definition) is 5. The summed E-state index contributed by atoms with van der Waals surface area (Å²) in [7, 11) is 1.69. The molecule has 1 aromatic heterocycles. The third kappa shape index (κ3) is 5.99. The number of unbranched alkanes of at least 4 members (excludes halogenated alkanes) is 3. The molecular formula is C22H35N3O2. The summed E-state index contributed by atoms with van der Waals surface area (Å²) in [5.74, 6) is 1.56. The predicted molar refractivity (Wildman–Crippen MR) is 114 cm³/mol. The molecule has 1 unspecified atom stereocenters. The third-order valence-corrected chi connectivity index (χ3v) is 4.76. The van der Waals surface area contributed by atoms with Gasteiger partial charge in [0, 0.05) is 24.8 Å². The zero-order valence-electron chi connectivity index (χ0n) is 17.3. The van der Waals surface area contributed by atoms with Crippen LogP contribution in [0.15, 0.2) is 18.3 Å². The van der Waals surface area contributed by atoms with Gasteiger partial charge in [-0.2, -0.15) is 0 Å². The molecule has 1 atom stereocenters. The van der Waals surface area contributed by atoms with E-state index in [1.807, 2.05) is 25.3 Å². The normalized spacial score (nSPS) is 12.2. The van der Waals surface area contributed by atoms with Crippen LogP contribution in [0.2, 0.25) is 0 Å². The second-order valence-electron chi connectivity index (χ2n) is 7.26. The van der Waals surface area contributed by atoms with Crippen LogP contribution in [0, 0.1) is 6.92 Å². The molecule has 0 saturated heterocycles. The van der Waals surface area contributed by atoms with E-state index in [1.165, 1.54) is 19.3 Å². The van der Waals surface area contributed by atoms with E-state index in [0.29, 0.717) is 6.61 Å². The molecule has 0 radical (unpaired) electrons. The van der Waals surface area contributed by atoms with Crippen molar-refractivity contribution in [3.8, 4) is 11.5 Å². The molecule has 0 aliphatic rings. The van der Waals surface area contributed by atoms with Crippen molar-refractivity contribution in [1.82, 2.24) is 4.98 Å². The van der Waals surface area contributed by atoms with Gasteiger partial charge < -0.3 is 20.5 Å². The average molecular weight is 374 g/mol. The Morgan fingerprint density at radius 1 is 1.22 bits per heavy atom. The number of aromatic nitrogens is 1. The number of methoxy groups -OCH3 is 1. The van der Waals surface area contributed by atoms with Gasteiger partial charge in [-0.1, -0.05) is 26.2 Å². The van der Waals surface area contributed by atoms with Crippen molar-refractivity contribution in [2.75, 3.05) is 25.6 Å². The number of hydrogen-bond donors (Lipinski definition) is 2. The number of pyridine rings is 1. The summed E-state index contributed by atoms with van der Waals surface area (Å²) in [6, 6.07) is 4.25. The summed E-state index contributed by atoms with van der Waals surface area (Å²) in [5.41, 5.74) is 8.90. The van der Waals surface area contributed by atoms with Crippen LogP contribution in [0.1, 0.15) is 57.9 Å². The molecule has 1 aromatic carbocycles. The summed E-state index contributed by atoms with van der Waals surface area (Å²) in [6.07, 6.45) is 8.56. The zero-order chi connectivity index (χ0) is 19.6. The van der Waals surface area contributed by atoms with Crippen molar-refractivity contribution in [3.63, 3.8) is 0 Å². The summed E-state index contributed by atoms with van der Waals surface area (Å²) in [4.78, 5) is 4.63. The second-order valence-corrected chi connectivity index (χ2v) is 7.26. The monoisotopic (exact) mass is 373 g/mol. The van der Waals surface area contributed by atoms with Crippen LogP contribution in [0.4, 0.5) is 5.69 Å². The maximum atomic E-state index is 6.17. The number of nitrogens with zero attached hydrogens (tertiary/aromatic N) is 1. The summed E-state index contributed by atoms with van der Waals surface area (Å²) in [6.45, 7) is 7.89. The van der Waals surface area contributed by atoms with E-state index in [4.69, 9.17) is 15.2 Å². The number of nitrogens with one attached hydrogen (secondary N) is 1. The number of nitrogens with two attached hydrogens (primary N) is 1. The highest BCUT2D eigenvalue weighted by molar-refractivity contribution is 5.99. The Morgan fingerprint density at radius 2 is 2.04 bits per heavy atom. The molecule has 2 aromatic rings. The zero-order valence-corrected chi connectivity index (χ0v) is 17.3. The van der Waals surface area contributed by atoms with Crippen LogP contribution < -0.4 is 20.5 Å². The topological polar surface area (TPSA) is 69.4 Å². The van der Waals surface area contributed by atoms with Crippen LogP contribution in [-0.2, 0) is 0 Å². The van der Waals surface area contributed by atoms with Gasteiger partial charge in [-0.3, -0.25) is 4.98 Å². The molecule has 2 rings (SSSR count). The van der Waals surface area contributed by atoms with E-state index >= 15 is 0 Å². The number of benzene rings is 1. The molecule has 0 aliphatic heterocycles. The second kappa shape index (κ2) is 11.0. The van der Waals surface area contributed by atoms with Crippen LogP contribution in [0.3, 0.4) is 0 Å². The summed E-state index contributed by atoms with van der Waals surface area (Å²) in [5, 5.41) is 4.53. The Kier molecular flexibility index (Phi) is 8.65. The van der Waals surface area contributed by atoms with E-state index in [0.717, 1.165) is 59.5 Å². The first-order valence-corrected chi connectivity index (χ1v) is 10.2. The van der Waals surface area contributed by atoms with Gasteiger partial charge in [0.05, 0.1) is 30.3 Å². The van der Waals surface area contributed by atoms with Crippen molar-refractivity contribution >= 4 is 16.6 Å². The van der Waals surface area contributed by atoms with E-state index < -0.39 is 0 Å². The van der Waals surface area contributed by atoms with E-state index in [1.54, 1.807) is 7.11 Å². The van der Waals surface area contributed by atoms with Gasteiger partial charge in [0.15, 0.2) is 11.5 Å². The number of fused-ring (bicyclic) bond motifs is 1. The summed E-state index contributed by atoms with van der Waals surface area (Å²) < 4.78 is 11.8.